The zero-order valence-electron chi connectivity index (χ0n) is 14.4. The number of nitrogens with zero attached hydrogens (tertiary/aromatic N) is 1. The Morgan fingerprint density at radius 2 is 2.15 bits per heavy atom. The summed E-state index contributed by atoms with van der Waals surface area (Å²) in [5.74, 6) is 0.547. The molecule has 2 aromatic heterocycles. The number of hydrogen-bond acceptors (Lipinski definition) is 4. The number of likely N-dealkylation sites (tertiary alicyclic amines) is 1. The highest BCUT2D eigenvalue weighted by Crippen LogP contribution is 2.36. The van der Waals surface area contributed by atoms with Gasteiger partial charge in [-0.25, -0.2) is 0 Å². The number of nitrogens with one attached hydrogen (secondary N) is 1. The van der Waals surface area contributed by atoms with E-state index >= 15 is 0 Å². The number of amides is 1. The Hall–Kier alpha value is -1.40. The number of halogens is 1. The molecule has 1 aromatic carbocycles. The van der Waals surface area contributed by atoms with Gasteiger partial charge in [-0.1, -0.05) is 35.9 Å². The first-order valence-corrected chi connectivity index (χ1v) is 11.0. The van der Waals surface area contributed by atoms with Gasteiger partial charge in [0.05, 0.1) is 9.90 Å². The van der Waals surface area contributed by atoms with Crippen molar-refractivity contribution in [3.8, 4) is 0 Å². The Bertz CT molecular complexity index is 890. The number of carbonyl (C=O) groups is 1. The normalized spacial score (nSPS) is 18.3. The lowest BCUT2D eigenvalue weighted by molar-refractivity contribution is 0.0935. The summed E-state index contributed by atoms with van der Waals surface area (Å²) in [6.07, 6.45) is 2.34. The Balaban J connectivity index is 1.36. The fourth-order valence-corrected chi connectivity index (χ4v) is 5.74. The van der Waals surface area contributed by atoms with Crippen LogP contribution in [0.1, 0.15) is 27.4 Å². The quantitative estimate of drug-likeness (QED) is 0.629. The van der Waals surface area contributed by atoms with Gasteiger partial charge in [0, 0.05) is 34.6 Å². The summed E-state index contributed by atoms with van der Waals surface area (Å²) >= 11 is 9.88. The predicted molar refractivity (Wildman–Crippen MR) is 111 cm³/mol. The van der Waals surface area contributed by atoms with Crippen molar-refractivity contribution in [2.24, 2.45) is 5.92 Å². The zero-order chi connectivity index (χ0) is 17.9. The second-order valence-corrected chi connectivity index (χ2v) is 9.23. The lowest BCUT2D eigenvalue weighted by Gasteiger charge is -2.32. The maximum absolute atomic E-state index is 12.1. The second kappa shape index (κ2) is 8.09. The van der Waals surface area contributed by atoms with Crippen LogP contribution in [0.25, 0.3) is 10.1 Å². The number of carbonyl (C=O) groups excluding carboxylic acids is 1. The number of fused-ring (bicyclic) bond motifs is 1. The fraction of sp³-hybridized carbons (Fsp3) is 0.350. The summed E-state index contributed by atoms with van der Waals surface area (Å²) in [4.78, 5) is 16.6. The maximum atomic E-state index is 12.1. The smallest absolute Gasteiger partial charge is 0.261 e. The first-order valence-electron chi connectivity index (χ1n) is 8.90. The molecule has 1 saturated heterocycles. The van der Waals surface area contributed by atoms with Crippen molar-refractivity contribution in [1.82, 2.24) is 10.2 Å². The van der Waals surface area contributed by atoms with Crippen LogP contribution in [0.15, 0.2) is 41.8 Å². The van der Waals surface area contributed by atoms with E-state index < -0.39 is 0 Å². The summed E-state index contributed by atoms with van der Waals surface area (Å²) in [7, 11) is 0. The Morgan fingerprint density at radius 1 is 1.27 bits per heavy atom. The van der Waals surface area contributed by atoms with Crippen LogP contribution >= 0.6 is 34.3 Å². The van der Waals surface area contributed by atoms with Gasteiger partial charge < -0.3 is 5.32 Å². The van der Waals surface area contributed by atoms with E-state index in [0.717, 1.165) is 41.5 Å². The van der Waals surface area contributed by atoms with E-state index in [9.17, 15) is 4.79 Å². The van der Waals surface area contributed by atoms with Gasteiger partial charge in [0.25, 0.3) is 5.91 Å². The van der Waals surface area contributed by atoms with Crippen LogP contribution in [0.3, 0.4) is 0 Å². The van der Waals surface area contributed by atoms with Gasteiger partial charge in [0.2, 0.25) is 0 Å². The molecule has 3 nitrogen and oxygen atoms in total. The third kappa shape index (κ3) is 3.96. The lowest BCUT2D eigenvalue weighted by atomic mass is 9.98. The molecule has 0 bridgehead atoms. The number of hydrogen-bond donors (Lipinski definition) is 1. The van der Waals surface area contributed by atoms with Crippen molar-refractivity contribution in [3.63, 3.8) is 0 Å². The molecule has 0 saturated carbocycles. The van der Waals surface area contributed by atoms with Gasteiger partial charge in [-0.3, -0.25) is 9.69 Å². The molecule has 1 aliphatic heterocycles. The van der Waals surface area contributed by atoms with Crippen LogP contribution in [0, 0.1) is 5.92 Å². The molecule has 1 N–H and O–H groups in total. The Morgan fingerprint density at radius 3 is 2.96 bits per heavy atom. The highest BCUT2D eigenvalue weighted by Gasteiger charge is 2.22. The van der Waals surface area contributed by atoms with Crippen LogP contribution < -0.4 is 5.32 Å². The molecule has 0 aliphatic carbocycles. The standard InChI is InChI=1S/C20H21ClN2OS2/c21-19-15-6-1-2-7-16(15)26-18(19)13-23-9-3-5-14(12-23)11-22-20(24)17-8-4-10-25-17/h1-2,4,6-8,10,14H,3,5,9,11-13H2,(H,22,24)/t14-/m0/s1. The van der Waals surface area contributed by atoms with Crippen LogP contribution in [0.5, 0.6) is 0 Å². The van der Waals surface area contributed by atoms with Gasteiger partial charge in [-0.05, 0) is 42.8 Å². The maximum Gasteiger partial charge on any atom is 0.261 e. The van der Waals surface area contributed by atoms with Gasteiger partial charge in [0.1, 0.15) is 0 Å². The van der Waals surface area contributed by atoms with Crippen molar-refractivity contribution in [1.29, 1.82) is 0 Å². The molecule has 3 aromatic rings. The Kier molecular flexibility index (Phi) is 5.60. The van der Waals surface area contributed by atoms with Crippen molar-refractivity contribution in [3.05, 3.63) is 56.6 Å². The summed E-state index contributed by atoms with van der Waals surface area (Å²) < 4.78 is 1.25. The van der Waals surface area contributed by atoms with Crippen molar-refractivity contribution in [2.45, 2.75) is 19.4 Å². The van der Waals surface area contributed by atoms with Gasteiger partial charge in [-0.15, -0.1) is 22.7 Å². The third-order valence-corrected chi connectivity index (χ3v) is 7.44. The molecule has 0 unspecified atom stereocenters. The molecule has 0 radical (unpaired) electrons. The molecule has 26 heavy (non-hydrogen) atoms. The molecule has 6 heteroatoms. The molecule has 1 aliphatic rings. The minimum absolute atomic E-state index is 0.0460. The van der Waals surface area contributed by atoms with Gasteiger partial charge in [-0.2, -0.15) is 0 Å². The molecule has 1 fully saturated rings. The van der Waals surface area contributed by atoms with E-state index in [1.165, 1.54) is 33.8 Å². The van der Waals surface area contributed by atoms with E-state index in [0.29, 0.717) is 5.92 Å². The molecule has 0 spiro atoms. The molecule has 4 rings (SSSR count). The molecule has 1 amide bonds. The van der Waals surface area contributed by atoms with E-state index in [4.69, 9.17) is 11.6 Å². The van der Waals surface area contributed by atoms with Crippen LogP contribution in [0.2, 0.25) is 5.02 Å². The zero-order valence-corrected chi connectivity index (χ0v) is 16.8. The molecular formula is C20H21ClN2OS2. The lowest BCUT2D eigenvalue weighted by Crippen LogP contribution is -2.40. The van der Waals surface area contributed by atoms with Crippen molar-refractivity contribution in [2.75, 3.05) is 19.6 Å². The molecular weight excluding hydrogens is 384 g/mol. The third-order valence-electron chi connectivity index (χ3n) is 4.87. The van der Waals surface area contributed by atoms with E-state index in [1.54, 1.807) is 11.3 Å². The van der Waals surface area contributed by atoms with Gasteiger partial charge >= 0.3 is 0 Å². The number of benzene rings is 1. The minimum atomic E-state index is 0.0460. The SMILES string of the molecule is O=C(NC[C@@H]1CCCN(Cc2sc3ccccc3c2Cl)C1)c1cccs1. The predicted octanol–water partition coefficient (Wildman–Crippen LogP) is 5.26. The topological polar surface area (TPSA) is 32.3 Å². The summed E-state index contributed by atoms with van der Waals surface area (Å²) in [6, 6.07) is 12.1. The van der Waals surface area contributed by atoms with Gasteiger partial charge in [0.15, 0.2) is 0 Å². The summed E-state index contributed by atoms with van der Waals surface area (Å²) in [5.41, 5.74) is 0. The van der Waals surface area contributed by atoms with E-state index in [-0.39, 0.29) is 5.91 Å². The highest BCUT2D eigenvalue weighted by molar-refractivity contribution is 7.19. The van der Waals surface area contributed by atoms with Crippen LogP contribution in [0.4, 0.5) is 0 Å². The number of rotatable bonds is 5. The summed E-state index contributed by atoms with van der Waals surface area (Å²) in [5, 5.41) is 7.09. The van der Waals surface area contributed by atoms with E-state index in [1.807, 2.05) is 23.6 Å². The minimum Gasteiger partial charge on any atom is -0.351 e. The second-order valence-electron chi connectivity index (χ2n) is 6.77. The monoisotopic (exact) mass is 404 g/mol. The molecule has 3 heterocycles. The van der Waals surface area contributed by atoms with Crippen LogP contribution in [-0.2, 0) is 6.54 Å². The van der Waals surface area contributed by atoms with Crippen LogP contribution in [-0.4, -0.2) is 30.4 Å². The average molecular weight is 405 g/mol. The summed E-state index contributed by atoms with van der Waals surface area (Å²) in [6.45, 7) is 3.75. The first-order chi connectivity index (χ1) is 12.7. The molecule has 1 atom stereocenters. The van der Waals surface area contributed by atoms with Crippen molar-refractivity contribution < 1.29 is 4.79 Å². The molecule has 136 valence electrons. The largest absolute Gasteiger partial charge is 0.351 e. The first kappa shape index (κ1) is 18.0. The average Bonchev–Trinajstić information content (AvgIpc) is 3.30. The fourth-order valence-electron chi connectivity index (χ4n) is 3.56. The Labute approximate surface area is 166 Å². The van der Waals surface area contributed by atoms with Crippen molar-refractivity contribution >= 4 is 50.3 Å². The highest BCUT2D eigenvalue weighted by atomic mass is 35.5. The number of thiophene rings is 2. The number of piperidine rings is 1. The van der Waals surface area contributed by atoms with E-state index in [2.05, 4.69) is 28.4 Å².